The van der Waals surface area contributed by atoms with Crippen LogP contribution in [0.15, 0.2) is 24.5 Å². The summed E-state index contributed by atoms with van der Waals surface area (Å²) in [5.74, 6) is 0. The highest BCUT2D eigenvalue weighted by Gasteiger charge is 2.22. The second-order valence-corrected chi connectivity index (χ2v) is 5.60. The van der Waals surface area contributed by atoms with E-state index in [1.54, 1.807) is 0 Å². The van der Waals surface area contributed by atoms with Gasteiger partial charge in [0.2, 0.25) is 0 Å². The summed E-state index contributed by atoms with van der Waals surface area (Å²) in [6.07, 6.45) is 5.24. The molecule has 1 N–H and O–H groups in total. The Morgan fingerprint density at radius 1 is 1.24 bits per heavy atom. The van der Waals surface area contributed by atoms with Crippen molar-refractivity contribution >= 4 is 0 Å². The van der Waals surface area contributed by atoms with E-state index < -0.39 is 0 Å². The Hall–Kier alpha value is -1.51. The van der Waals surface area contributed by atoms with Crippen molar-refractivity contribution in [1.29, 1.82) is 0 Å². The monoisotopic (exact) mass is 231 g/mol. The molecule has 0 atom stereocenters. The van der Waals surface area contributed by atoms with Crippen molar-refractivity contribution in [2.24, 2.45) is 0 Å². The maximum Gasteiger partial charge on any atom is 0.0710 e. The number of aryl methyl sites for hydroxylation is 2. The Kier molecular flexibility index (Phi) is 3.09. The number of aromatic nitrogens is 3. The van der Waals surface area contributed by atoms with Crippen molar-refractivity contribution in [2.75, 3.05) is 0 Å². The molecule has 0 aliphatic heterocycles. The van der Waals surface area contributed by atoms with Crippen LogP contribution >= 0.6 is 0 Å². The van der Waals surface area contributed by atoms with E-state index in [1.165, 1.54) is 17.0 Å². The van der Waals surface area contributed by atoms with E-state index in [-0.39, 0.29) is 5.41 Å². The highest BCUT2D eigenvalue weighted by molar-refractivity contribution is 5.29. The van der Waals surface area contributed by atoms with Crippen molar-refractivity contribution in [3.63, 3.8) is 0 Å². The fraction of sp³-hybridized carbons (Fsp3) is 0.500. The summed E-state index contributed by atoms with van der Waals surface area (Å²) in [5, 5.41) is 7.57. The molecule has 0 fully saturated rings. The standard InChI is InChI=1S/C14H21N3/c1-11-12(7-10-17-8-5-6-9-17)13(16-15-11)14(2,3)4/h5-6,8-9H,7,10H2,1-4H3,(H,15,16). The molecule has 0 saturated carbocycles. The maximum absolute atomic E-state index is 4.45. The van der Waals surface area contributed by atoms with Crippen molar-refractivity contribution < 1.29 is 0 Å². The number of hydrogen-bond donors (Lipinski definition) is 1. The fourth-order valence-electron chi connectivity index (χ4n) is 2.14. The second-order valence-electron chi connectivity index (χ2n) is 5.60. The molecule has 0 radical (unpaired) electrons. The lowest BCUT2D eigenvalue weighted by Gasteiger charge is -2.18. The Morgan fingerprint density at radius 2 is 1.88 bits per heavy atom. The van der Waals surface area contributed by atoms with Gasteiger partial charge in [-0.25, -0.2) is 0 Å². The molecule has 0 spiro atoms. The topological polar surface area (TPSA) is 33.6 Å². The Balaban J connectivity index is 2.18. The van der Waals surface area contributed by atoms with E-state index >= 15 is 0 Å². The van der Waals surface area contributed by atoms with Gasteiger partial charge in [0.1, 0.15) is 0 Å². The Labute approximate surface area is 103 Å². The summed E-state index contributed by atoms with van der Waals surface area (Å²) < 4.78 is 2.21. The van der Waals surface area contributed by atoms with Gasteiger partial charge in [0.25, 0.3) is 0 Å². The summed E-state index contributed by atoms with van der Waals surface area (Å²) in [7, 11) is 0. The molecule has 2 aromatic rings. The summed E-state index contributed by atoms with van der Waals surface area (Å²) in [5.41, 5.74) is 3.87. The molecule has 3 heteroatoms. The Morgan fingerprint density at radius 3 is 2.47 bits per heavy atom. The predicted molar refractivity (Wildman–Crippen MR) is 70.2 cm³/mol. The minimum atomic E-state index is 0.108. The SMILES string of the molecule is Cc1[nH]nc(C(C)(C)C)c1CCn1cccc1. The van der Waals surface area contributed by atoms with E-state index in [0.717, 1.165) is 13.0 Å². The molecule has 0 aliphatic carbocycles. The average Bonchev–Trinajstić information content (AvgIpc) is 2.83. The van der Waals surface area contributed by atoms with Crippen LogP contribution in [0.1, 0.15) is 37.7 Å². The summed E-state index contributed by atoms with van der Waals surface area (Å²) >= 11 is 0. The molecule has 92 valence electrons. The van der Waals surface area contributed by atoms with E-state index in [0.29, 0.717) is 0 Å². The lowest BCUT2D eigenvalue weighted by molar-refractivity contribution is 0.555. The quantitative estimate of drug-likeness (QED) is 0.865. The van der Waals surface area contributed by atoms with E-state index in [4.69, 9.17) is 0 Å². The summed E-state index contributed by atoms with van der Waals surface area (Å²) in [6.45, 7) is 9.75. The van der Waals surface area contributed by atoms with Gasteiger partial charge in [-0.3, -0.25) is 5.10 Å². The molecule has 0 amide bonds. The van der Waals surface area contributed by atoms with Crippen LogP contribution in [0.5, 0.6) is 0 Å². The average molecular weight is 231 g/mol. The minimum absolute atomic E-state index is 0.108. The third-order valence-corrected chi connectivity index (χ3v) is 3.07. The predicted octanol–water partition coefficient (Wildman–Crippen LogP) is 3.06. The highest BCUT2D eigenvalue weighted by Crippen LogP contribution is 2.26. The molecular weight excluding hydrogens is 210 g/mol. The van der Waals surface area contributed by atoms with Crippen molar-refractivity contribution in [2.45, 2.75) is 46.1 Å². The van der Waals surface area contributed by atoms with Gasteiger partial charge in [-0.05, 0) is 31.0 Å². The van der Waals surface area contributed by atoms with Crippen LogP contribution < -0.4 is 0 Å². The molecule has 17 heavy (non-hydrogen) atoms. The van der Waals surface area contributed by atoms with Crippen LogP contribution in [-0.4, -0.2) is 14.8 Å². The lowest BCUT2D eigenvalue weighted by Crippen LogP contribution is -2.15. The third kappa shape index (κ3) is 2.60. The zero-order valence-electron chi connectivity index (χ0n) is 11.1. The van der Waals surface area contributed by atoms with Crippen molar-refractivity contribution in [1.82, 2.24) is 14.8 Å². The third-order valence-electron chi connectivity index (χ3n) is 3.07. The molecule has 0 aliphatic rings. The van der Waals surface area contributed by atoms with Crippen molar-refractivity contribution in [3.8, 4) is 0 Å². The number of hydrogen-bond acceptors (Lipinski definition) is 1. The summed E-state index contributed by atoms with van der Waals surface area (Å²) in [4.78, 5) is 0. The van der Waals surface area contributed by atoms with E-state index in [9.17, 15) is 0 Å². The van der Waals surface area contributed by atoms with Crippen molar-refractivity contribution in [3.05, 3.63) is 41.5 Å². The molecule has 0 unspecified atom stereocenters. The summed E-state index contributed by atoms with van der Waals surface area (Å²) in [6, 6.07) is 4.12. The molecule has 2 aromatic heterocycles. The van der Waals surface area contributed by atoms with Gasteiger partial charge in [-0.15, -0.1) is 0 Å². The first-order valence-electron chi connectivity index (χ1n) is 6.13. The van der Waals surface area contributed by atoms with Gasteiger partial charge >= 0.3 is 0 Å². The fourth-order valence-corrected chi connectivity index (χ4v) is 2.14. The largest absolute Gasteiger partial charge is 0.354 e. The number of rotatable bonds is 3. The number of aromatic amines is 1. The first-order chi connectivity index (χ1) is 7.98. The molecular formula is C14H21N3. The Bertz CT molecular complexity index is 472. The van der Waals surface area contributed by atoms with Gasteiger partial charge in [-0.1, -0.05) is 20.8 Å². The second kappa shape index (κ2) is 4.40. The van der Waals surface area contributed by atoms with Crippen LogP contribution in [0, 0.1) is 6.92 Å². The molecule has 0 aromatic carbocycles. The zero-order valence-corrected chi connectivity index (χ0v) is 11.1. The smallest absolute Gasteiger partial charge is 0.0710 e. The number of nitrogens with zero attached hydrogens (tertiary/aromatic N) is 2. The van der Waals surface area contributed by atoms with Gasteiger partial charge in [0, 0.05) is 30.0 Å². The maximum atomic E-state index is 4.45. The normalized spacial score (nSPS) is 12.0. The van der Waals surface area contributed by atoms with Gasteiger partial charge in [0.15, 0.2) is 0 Å². The van der Waals surface area contributed by atoms with Gasteiger partial charge in [-0.2, -0.15) is 5.10 Å². The minimum Gasteiger partial charge on any atom is -0.354 e. The van der Waals surface area contributed by atoms with E-state index in [1.807, 2.05) is 0 Å². The van der Waals surface area contributed by atoms with Crippen LogP contribution in [-0.2, 0) is 18.4 Å². The van der Waals surface area contributed by atoms with Crippen LogP contribution in [0.4, 0.5) is 0 Å². The van der Waals surface area contributed by atoms with E-state index in [2.05, 4.69) is 67.0 Å². The van der Waals surface area contributed by atoms with Gasteiger partial charge < -0.3 is 4.57 Å². The first kappa shape index (κ1) is 12.0. The highest BCUT2D eigenvalue weighted by atomic mass is 15.1. The first-order valence-corrected chi connectivity index (χ1v) is 6.13. The van der Waals surface area contributed by atoms with Gasteiger partial charge in [0.05, 0.1) is 5.69 Å². The molecule has 2 heterocycles. The van der Waals surface area contributed by atoms with Crippen LogP contribution in [0.25, 0.3) is 0 Å². The number of H-pyrrole nitrogens is 1. The van der Waals surface area contributed by atoms with Crippen LogP contribution in [0.3, 0.4) is 0 Å². The number of nitrogens with one attached hydrogen (secondary N) is 1. The zero-order chi connectivity index (χ0) is 12.5. The molecule has 2 rings (SSSR count). The van der Waals surface area contributed by atoms with Crippen LogP contribution in [0.2, 0.25) is 0 Å². The lowest BCUT2D eigenvalue weighted by atomic mass is 9.88. The molecule has 0 saturated heterocycles. The molecule has 0 bridgehead atoms. The molecule has 3 nitrogen and oxygen atoms in total.